The summed E-state index contributed by atoms with van der Waals surface area (Å²) in [5.74, 6) is 1.56. The molecule has 2 aromatic rings. The van der Waals surface area contributed by atoms with E-state index in [4.69, 9.17) is 9.15 Å². The van der Waals surface area contributed by atoms with Crippen molar-refractivity contribution in [3.8, 4) is 0 Å². The number of hydrogen-bond donors (Lipinski definition) is 2. The van der Waals surface area contributed by atoms with Gasteiger partial charge in [0.25, 0.3) is 0 Å². The first-order chi connectivity index (χ1) is 12.3. The molecular weight excluding hydrogens is 320 g/mol. The summed E-state index contributed by atoms with van der Waals surface area (Å²) in [7, 11) is 0. The molecule has 1 atom stereocenters. The summed E-state index contributed by atoms with van der Waals surface area (Å²) in [6.07, 6.45) is 4.55. The van der Waals surface area contributed by atoms with Crippen LogP contribution in [0.2, 0.25) is 0 Å². The summed E-state index contributed by atoms with van der Waals surface area (Å²) < 4.78 is 11.0. The largest absolute Gasteiger partial charge is 0.468 e. The first-order valence-electron chi connectivity index (χ1n) is 8.93. The molecule has 1 saturated carbocycles. The number of morpholine rings is 1. The number of carbonyl (C=O) groups is 1. The number of carbonyl (C=O) groups excluding carboxylic acids is 1. The van der Waals surface area contributed by atoms with Crippen LogP contribution in [0.25, 0.3) is 0 Å². The molecular formula is C18H24N4O3. The van der Waals surface area contributed by atoms with Gasteiger partial charge in [-0.15, -0.1) is 0 Å². The number of H-pyrrole nitrogens is 1. The highest BCUT2D eigenvalue weighted by molar-refractivity contribution is 5.76. The van der Waals surface area contributed by atoms with Gasteiger partial charge in [-0.25, -0.2) is 0 Å². The van der Waals surface area contributed by atoms with Crippen LogP contribution in [0.3, 0.4) is 0 Å². The summed E-state index contributed by atoms with van der Waals surface area (Å²) in [6.45, 7) is 3.27. The highest BCUT2D eigenvalue weighted by Gasteiger charge is 2.27. The van der Waals surface area contributed by atoms with Gasteiger partial charge in [0.1, 0.15) is 5.76 Å². The molecule has 134 valence electrons. The molecule has 1 aliphatic carbocycles. The van der Waals surface area contributed by atoms with Crippen molar-refractivity contribution in [3.05, 3.63) is 41.6 Å². The fourth-order valence-corrected chi connectivity index (χ4v) is 3.23. The Balaban J connectivity index is 1.27. The topological polar surface area (TPSA) is 83.4 Å². The molecule has 0 radical (unpaired) electrons. The van der Waals surface area contributed by atoms with Crippen LogP contribution < -0.4 is 5.32 Å². The lowest BCUT2D eigenvalue weighted by Crippen LogP contribution is -2.47. The smallest absolute Gasteiger partial charge is 0.221 e. The van der Waals surface area contributed by atoms with Crippen LogP contribution in [0, 0.1) is 0 Å². The zero-order valence-corrected chi connectivity index (χ0v) is 14.2. The van der Waals surface area contributed by atoms with Crippen molar-refractivity contribution in [1.29, 1.82) is 0 Å². The average molecular weight is 344 g/mol. The van der Waals surface area contributed by atoms with Gasteiger partial charge in [-0.3, -0.25) is 14.8 Å². The Kier molecular flexibility index (Phi) is 4.85. The molecule has 1 aliphatic heterocycles. The third-order valence-electron chi connectivity index (χ3n) is 4.83. The predicted octanol–water partition coefficient (Wildman–Crippen LogP) is 1.79. The third-order valence-corrected chi connectivity index (χ3v) is 4.83. The Morgan fingerprint density at radius 2 is 2.36 bits per heavy atom. The molecule has 0 aromatic carbocycles. The number of nitrogens with one attached hydrogen (secondary N) is 2. The fraction of sp³-hybridized carbons (Fsp3) is 0.556. The first-order valence-corrected chi connectivity index (χ1v) is 8.93. The number of hydrogen-bond acceptors (Lipinski definition) is 5. The standard InChI is InChI=1S/C18H24N4O3/c23-18(19-10-14-8-17(21-20-14)13-3-4-13)9-15-12-24-7-5-22(15)11-16-2-1-6-25-16/h1-2,6,8,13,15H,3-5,7,9-12H2,(H,19,23)(H,20,21). The molecule has 1 saturated heterocycles. The number of aromatic nitrogens is 2. The van der Waals surface area contributed by atoms with Crippen LogP contribution in [-0.2, 0) is 22.6 Å². The van der Waals surface area contributed by atoms with Crippen molar-refractivity contribution in [2.24, 2.45) is 0 Å². The van der Waals surface area contributed by atoms with E-state index in [-0.39, 0.29) is 11.9 Å². The number of ether oxygens (including phenoxy) is 1. The molecule has 7 heteroatoms. The normalized spacial score (nSPS) is 21.4. The molecule has 3 heterocycles. The lowest BCUT2D eigenvalue weighted by molar-refractivity contribution is -0.124. The lowest BCUT2D eigenvalue weighted by atomic mass is 10.1. The van der Waals surface area contributed by atoms with Crippen LogP contribution in [0.4, 0.5) is 0 Å². The van der Waals surface area contributed by atoms with Gasteiger partial charge in [-0.1, -0.05) is 0 Å². The van der Waals surface area contributed by atoms with E-state index in [1.165, 1.54) is 12.8 Å². The molecule has 4 rings (SSSR count). The van der Waals surface area contributed by atoms with Gasteiger partial charge in [0.15, 0.2) is 0 Å². The Bertz CT molecular complexity index is 693. The van der Waals surface area contributed by atoms with E-state index in [2.05, 4.69) is 26.5 Å². The van der Waals surface area contributed by atoms with Crippen molar-refractivity contribution in [1.82, 2.24) is 20.4 Å². The molecule has 25 heavy (non-hydrogen) atoms. The highest BCUT2D eigenvalue weighted by atomic mass is 16.5. The second-order valence-corrected chi connectivity index (χ2v) is 6.85. The van der Waals surface area contributed by atoms with E-state index in [0.717, 1.165) is 23.7 Å². The average Bonchev–Trinajstić information content (AvgIpc) is 3.14. The van der Waals surface area contributed by atoms with Gasteiger partial charge in [0.05, 0.1) is 44.0 Å². The lowest BCUT2D eigenvalue weighted by Gasteiger charge is -2.34. The Labute approximate surface area is 146 Å². The van der Waals surface area contributed by atoms with Gasteiger partial charge >= 0.3 is 0 Å². The summed E-state index contributed by atoms with van der Waals surface area (Å²) in [6, 6.07) is 5.98. The highest BCUT2D eigenvalue weighted by Crippen LogP contribution is 2.38. The van der Waals surface area contributed by atoms with Gasteiger partial charge < -0.3 is 14.5 Å². The van der Waals surface area contributed by atoms with E-state index in [9.17, 15) is 4.79 Å². The van der Waals surface area contributed by atoms with Crippen molar-refractivity contribution >= 4 is 5.91 Å². The minimum absolute atomic E-state index is 0.0301. The molecule has 2 aromatic heterocycles. The second-order valence-electron chi connectivity index (χ2n) is 6.85. The van der Waals surface area contributed by atoms with Crippen LogP contribution in [0.5, 0.6) is 0 Å². The third kappa shape index (κ3) is 4.29. The van der Waals surface area contributed by atoms with Crippen molar-refractivity contribution < 1.29 is 13.9 Å². The Morgan fingerprint density at radius 1 is 1.44 bits per heavy atom. The number of furan rings is 1. The van der Waals surface area contributed by atoms with Crippen LogP contribution in [0.15, 0.2) is 28.9 Å². The monoisotopic (exact) mass is 344 g/mol. The van der Waals surface area contributed by atoms with Crippen molar-refractivity contribution in [3.63, 3.8) is 0 Å². The fourth-order valence-electron chi connectivity index (χ4n) is 3.23. The van der Waals surface area contributed by atoms with E-state index >= 15 is 0 Å². The number of aromatic amines is 1. The molecule has 7 nitrogen and oxygen atoms in total. The molecule has 2 aliphatic rings. The predicted molar refractivity (Wildman–Crippen MR) is 90.8 cm³/mol. The maximum Gasteiger partial charge on any atom is 0.221 e. The summed E-state index contributed by atoms with van der Waals surface area (Å²) >= 11 is 0. The van der Waals surface area contributed by atoms with Gasteiger partial charge in [-0.2, -0.15) is 5.10 Å². The van der Waals surface area contributed by atoms with E-state index in [1.54, 1.807) is 6.26 Å². The Morgan fingerprint density at radius 3 is 3.16 bits per heavy atom. The maximum atomic E-state index is 12.3. The first kappa shape index (κ1) is 16.4. The van der Waals surface area contributed by atoms with Crippen molar-refractivity contribution in [2.45, 2.75) is 44.3 Å². The van der Waals surface area contributed by atoms with E-state index in [1.807, 2.05) is 12.1 Å². The summed E-state index contributed by atoms with van der Waals surface area (Å²) in [5, 5.41) is 10.3. The molecule has 0 spiro atoms. The molecule has 2 N–H and O–H groups in total. The van der Waals surface area contributed by atoms with Crippen molar-refractivity contribution in [2.75, 3.05) is 19.8 Å². The number of rotatable bonds is 7. The second kappa shape index (κ2) is 7.41. The molecule has 2 fully saturated rings. The number of amides is 1. The maximum absolute atomic E-state index is 12.3. The van der Waals surface area contributed by atoms with Gasteiger partial charge in [0.2, 0.25) is 5.91 Å². The minimum atomic E-state index is 0.0301. The summed E-state index contributed by atoms with van der Waals surface area (Å²) in [4.78, 5) is 14.6. The summed E-state index contributed by atoms with van der Waals surface area (Å²) in [5.41, 5.74) is 2.08. The Hall–Kier alpha value is -2.12. The van der Waals surface area contributed by atoms with E-state index < -0.39 is 0 Å². The van der Waals surface area contributed by atoms with Crippen LogP contribution in [-0.4, -0.2) is 46.8 Å². The van der Waals surface area contributed by atoms with Gasteiger partial charge in [0, 0.05) is 24.9 Å². The molecule has 1 amide bonds. The quantitative estimate of drug-likeness (QED) is 0.800. The number of nitrogens with zero attached hydrogens (tertiary/aromatic N) is 2. The van der Waals surface area contributed by atoms with Crippen LogP contribution in [0.1, 0.15) is 42.3 Å². The van der Waals surface area contributed by atoms with E-state index in [0.29, 0.717) is 38.6 Å². The molecule has 1 unspecified atom stereocenters. The zero-order valence-electron chi connectivity index (χ0n) is 14.2. The van der Waals surface area contributed by atoms with Gasteiger partial charge in [-0.05, 0) is 31.0 Å². The SMILES string of the molecule is O=C(CC1COCCN1Cc1ccco1)NCc1cc(C2CC2)n[nH]1. The zero-order chi connectivity index (χ0) is 17.1. The van der Waals surface area contributed by atoms with Crippen LogP contribution >= 0.6 is 0 Å². The minimum Gasteiger partial charge on any atom is -0.468 e. The molecule has 0 bridgehead atoms.